The Kier molecular flexibility index (Phi) is 9.11. The molecule has 0 unspecified atom stereocenters. The van der Waals surface area contributed by atoms with E-state index in [9.17, 15) is 10.0 Å². The van der Waals surface area contributed by atoms with Gasteiger partial charge < -0.3 is 9.64 Å². The zero-order valence-corrected chi connectivity index (χ0v) is 22.0. The molecule has 1 fully saturated rings. The van der Waals surface area contributed by atoms with Gasteiger partial charge in [0.25, 0.3) is 0 Å². The Labute approximate surface area is 219 Å². The number of halogens is 2. The number of hydroxylamine groups is 1. The average molecular weight is 535 g/mol. The predicted octanol–water partition coefficient (Wildman–Crippen LogP) is 5.75. The Hall–Kier alpha value is -2.33. The molecule has 3 heterocycles. The van der Waals surface area contributed by atoms with Crippen LogP contribution in [0.2, 0.25) is 5.02 Å². The number of hydrogen-bond acceptors (Lipinski definition) is 7. The van der Waals surface area contributed by atoms with Crippen LogP contribution in [0.1, 0.15) is 55.3 Å². The molecule has 0 aliphatic carbocycles. The van der Waals surface area contributed by atoms with E-state index < -0.39 is 17.5 Å². The molecule has 2 aromatic heterocycles. The van der Waals surface area contributed by atoms with Gasteiger partial charge in [0, 0.05) is 28.7 Å². The summed E-state index contributed by atoms with van der Waals surface area (Å²) in [4.78, 5) is 23.7. The smallest absolute Gasteiger partial charge is 0.249 e. The number of nitrogens with one attached hydrogen (secondary N) is 1. The minimum absolute atomic E-state index is 0.108. The Bertz CT molecular complexity index is 1160. The molecule has 36 heavy (non-hydrogen) atoms. The van der Waals surface area contributed by atoms with E-state index in [1.54, 1.807) is 36.6 Å². The Balaban J connectivity index is 1.38. The number of rotatable bonds is 11. The molecule has 0 saturated carbocycles. The van der Waals surface area contributed by atoms with Crippen molar-refractivity contribution in [1.82, 2.24) is 20.3 Å². The van der Waals surface area contributed by atoms with Gasteiger partial charge in [-0.1, -0.05) is 11.6 Å². The van der Waals surface area contributed by atoms with Crippen molar-refractivity contribution in [2.45, 2.75) is 51.1 Å². The van der Waals surface area contributed by atoms with E-state index in [0.29, 0.717) is 41.5 Å². The fourth-order valence-corrected chi connectivity index (χ4v) is 5.99. The lowest BCUT2D eigenvalue weighted by Crippen LogP contribution is -2.48. The molecule has 1 saturated heterocycles. The molecule has 0 bridgehead atoms. The van der Waals surface area contributed by atoms with Gasteiger partial charge in [-0.25, -0.2) is 14.9 Å². The summed E-state index contributed by atoms with van der Waals surface area (Å²) in [5.41, 5.74) is 2.01. The highest BCUT2D eigenvalue weighted by Gasteiger charge is 2.41. The molecule has 1 atom stereocenters. The maximum absolute atomic E-state index is 15.7. The third-order valence-corrected chi connectivity index (χ3v) is 8.39. The van der Waals surface area contributed by atoms with Gasteiger partial charge in [0.2, 0.25) is 5.91 Å². The molecular weight excluding hydrogens is 503 g/mol. The molecule has 1 aromatic carbocycles. The lowest BCUT2D eigenvalue weighted by molar-refractivity contribution is -0.143. The number of carbonyl (C=O) groups excluding carboxylic acids is 1. The number of unbranched alkanes of at least 4 members (excludes halogenated alkanes) is 1. The number of thiazole rings is 1. The van der Waals surface area contributed by atoms with Crippen molar-refractivity contribution in [3.63, 3.8) is 0 Å². The van der Waals surface area contributed by atoms with Gasteiger partial charge in [-0.2, -0.15) is 0 Å². The summed E-state index contributed by atoms with van der Waals surface area (Å²) in [7, 11) is 1.55. The zero-order valence-electron chi connectivity index (χ0n) is 20.4. The van der Waals surface area contributed by atoms with Crippen LogP contribution in [0.5, 0.6) is 5.75 Å². The standard InChI is InChI=1S/C26H32ClFN4O3S/c1-35-18-5-6-22-19(16-18)24(20(27)17-30-22)21(28)7-8-26(25(33)31-34)9-13-32(14-10-26)12-3-2-4-23-29-11-15-36-23/h5-6,11,15-17,21,34H,2-4,7-10,12-14H2,1H3,(H,31,33)/t21-/m1/s1. The van der Waals surface area contributed by atoms with E-state index in [1.165, 1.54) is 6.20 Å². The highest BCUT2D eigenvalue weighted by atomic mass is 35.5. The molecule has 194 valence electrons. The number of pyridine rings is 1. The summed E-state index contributed by atoms with van der Waals surface area (Å²) in [6, 6.07) is 5.28. The van der Waals surface area contributed by atoms with Gasteiger partial charge in [0.1, 0.15) is 11.9 Å². The number of piperidine rings is 1. The van der Waals surface area contributed by atoms with Gasteiger partial charge in [-0.05, 0) is 82.8 Å². The molecule has 0 spiro atoms. The van der Waals surface area contributed by atoms with Crippen LogP contribution in [0.3, 0.4) is 0 Å². The summed E-state index contributed by atoms with van der Waals surface area (Å²) in [6.45, 7) is 2.42. The molecule has 10 heteroatoms. The lowest BCUT2D eigenvalue weighted by atomic mass is 9.73. The minimum Gasteiger partial charge on any atom is -0.497 e. The van der Waals surface area contributed by atoms with Crippen molar-refractivity contribution < 1.29 is 19.1 Å². The third-order valence-electron chi connectivity index (χ3n) is 7.25. The van der Waals surface area contributed by atoms with E-state index in [0.717, 1.165) is 43.9 Å². The molecule has 3 aromatic rings. The maximum Gasteiger partial charge on any atom is 0.249 e. The van der Waals surface area contributed by atoms with Crippen LogP contribution in [0.4, 0.5) is 4.39 Å². The SMILES string of the molecule is COc1ccc2ncc(Cl)c([C@H](F)CCC3(C(=O)NO)CCN(CCCCc4nccs4)CC3)c2c1. The van der Waals surface area contributed by atoms with Crippen LogP contribution in [0, 0.1) is 5.41 Å². The van der Waals surface area contributed by atoms with Crippen LogP contribution < -0.4 is 10.2 Å². The van der Waals surface area contributed by atoms with E-state index in [1.807, 2.05) is 17.1 Å². The fourth-order valence-electron chi connectivity index (χ4n) is 5.06. The summed E-state index contributed by atoms with van der Waals surface area (Å²) in [5, 5.41) is 13.5. The molecule has 4 rings (SSSR count). The molecule has 0 radical (unpaired) electrons. The number of nitrogens with zero attached hydrogens (tertiary/aromatic N) is 3. The second-order valence-electron chi connectivity index (χ2n) is 9.35. The normalized spacial score (nSPS) is 16.7. The number of aromatic nitrogens is 2. The topological polar surface area (TPSA) is 87.6 Å². The highest BCUT2D eigenvalue weighted by Crippen LogP contribution is 2.42. The fraction of sp³-hybridized carbons (Fsp3) is 0.500. The van der Waals surface area contributed by atoms with E-state index in [2.05, 4.69) is 14.9 Å². The lowest BCUT2D eigenvalue weighted by Gasteiger charge is -2.40. The van der Waals surface area contributed by atoms with Crippen LogP contribution in [-0.4, -0.2) is 52.7 Å². The van der Waals surface area contributed by atoms with Gasteiger partial charge in [0.05, 0.1) is 28.1 Å². The van der Waals surface area contributed by atoms with Gasteiger partial charge in [-0.15, -0.1) is 11.3 Å². The first-order chi connectivity index (χ1) is 17.5. The molecular formula is C26H32ClFN4O3S. The monoisotopic (exact) mass is 534 g/mol. The zero-order chi connectivity index (χ0) is 25.5. The quantitative estimate of drug-likeness (QED) is 0.185. The van der Waals surface area contributed by atoms with Gasteiger partial charge >= 0.3 is 0 Å². The number of likely N-dealkylation sites (tertiary alicyclic amines) is 1. The first-order valence-electron chi connectivity index (χ1n) is 12.3. The number of ether oxygens (including phenoxy) is 1. The molecule has 1 amide bonds. The Morgan fingerprint density at radius 2 is 2.14 bits per heavy atom. The van der Waals surface area contributed by atoms with Crippen LogP contribution in [-0.2, 0) is 11.2 Å². The maximum atomic E-state index is 15.7. The van der Waals surface area contributed by atoms with Crippen LogP contribution >= 0.6 is 22.9 Å². The van der Waals surface area contributed by atoms with Crippen molar-refractivity contribution in [2.75, 3.05) is 26.7 Å². The number of fused-ring (bicyclic) bond motifs is 1. The minimum atomic E-state index is -1.39. The number of hydrogen-bond donors (Lipinski definition) is 2. The van der Waals surface area contributed by atoms with Gasteiger partial charge in [0.15, 0.2) is 0 Å². The van der Waals surface area contributed by atoms with E-state index >= 15 is 4.39 Å². The summed E-state index contributed by atoms with van der Waals surface area (Å²) in [5.74, 6) is 0.153. The molecule has 2 N–H and O–H groups in total. The first-order valence-corrected chi connectivity index (χ1v) is 13.5. The van der Waals surface area contributed by atoms with Crippen molar-refractivity contribution in [1.29, 1.82) is 0 Å². The number of carbonyl (C=O) groups is 1. The van der Waals surface area contributed by atoms with Crippen molar-refractivity contribution in [3.8, 4) is 5.75 Å². The largest absolute Gasteiger partial charge is 0.497 e. The number of benzene rings is 1. The molecule has 7 nitrogen and oxygen atoms in total. The predicted molar refractivity (Wildman–Crippen MR) is 139 cm³/mol. The second-order valence-corrected chi connectivity index (χ2v) is 10.7. The van der Waals surface area contributed by atoms with Crippen LogP contribution in [0.25, 0.3) is 10.9 Å². The highest BCUT2D eigenvalue weighted by molar-refractivity contribution is 7.09. The summed E-state index contributed by atoms with van der Waals surface area (Å²) >= 11 is 8.06. The summed E-state index contributed by atoms with van der Waals surface area (Å²) < 4.78 is 21.0. The third kappa shape index (κ3) is 6.14. The van der Waals surface area contributed by atoms with Crippen molar-refractivity contribution in [2.24, 2.45) is 5.41 Å². The number of amides is 1. The summed E-state index contributed by atoms with van der Waals surface area (Å²) in [6.07, 6.45) is 6.57. The Morgan fingerprint density at radius 3 is 2.83 bits per heavy atom. The average Bonchev–Trinajstić information content (AvgIpc) is 3.43. The second kappa shape index (κ2) is 12.3. The van der Waals surface area contributed by atoms with Crippen LogP contribution in [0.15, 0.2) is 36.0 Å². The molecule has 1 aliphatic rings. The Morgan fingerprint density at radius 1 is 1.33 bits per heavy atom. The molecule has 1 aliphatic heterocycles. The number of aryl methyl sites for hydroxylation is 1. The number of methoxy groups -OCH3 is 1. The van der Waals surface area contributed by atoms with E-state index in [-0.39, 0.29) is 11.4 Å². The van der Waals surface area contributed by atoms with Crippen molar-refractivity contribution in [3.05, 3.63) is 51.6 Å². The van der Waals surface area contributed by atoms with Gasteiger partial charge in [-0.3, -0.25) is 15.0 Å². The van der Waals surface area contributed by atoms with E-state index in [4.69, 9.17) is 16.3 Å². The number of alkyl halides is 1. The van der Waals surface area contributed by atoms with Crippen molar-refractivity contribution >= 4 is 39.7 Å². The first kappa shape index (κ1) is 26.7.